The SMILES string of the molecule is C=CC(CC)CC/C(=C\C(=C)C)Nc1cc(Nc2ccccc2C(=O)NOC)c(C2CC2)cn1. The van der Waals surface area contributed by atoms with Crippen LogP contribution in [0.5, 0.6) is 0 Å². The van der Waals surface area contributed by atoms with Crippen molar-refractivity contribution < 1.29 is 9.63 Å². The minimum Gasteiger partial charge on any atom is -0.354 e. The smallest absolute Gasteiger partial charge is 0.276 e. The van der Waals surface area contributed by atoms with E-state index in [1.807, 2.05) is 43.5 Å². The first kappa shape index (κ1) is 25.2. The number of amides is 1. The predicted octanol–water partition coefficient (Wildman–Crippen LogP) is 6.86. The zero-order chi connectivity index (χ0) is 24.5. The van der Waals surface area contributed by atoms with E-state index < -0.39 is 0 Å². The zero-order valence-electron chi connectivity index (χ0n) is 20.5. The van der Waals surface area contributed by atoms with Gasteiger partial charge in [0.05, 0.1) is 18.4 Å². The topological polar surface area (TPSA) is 75.3 Å². The lowest BCUT2D eigenvalue weighted by Crippen LogP contribution is -2.22. The van der Waals surface area contributed by atoms with E-state index in [9.17, 15) is 4.79 Å². The van der Waals surface area contributed by atoms with Crippen molar-refractivity contribution in [1.82, 2.24) is 10.5 Å². The Morgan fingerprint density at radius 3 is 2.71 bits per heavy atom. The Morgan fingerprint density at radius 1 is 1.29 bits per heavy atom. The van der Waals surface area contributed by atoms with Crippen molar-refractivity contribution in [2.75, 3.05) is 17.7 Å². The van der Waals surface area contributed by atoms with E-state index in [2.05, 4.69) is 42.3 Å². The molecule has 2 aromatic rings. The fourth-order valence-corrected chi connectivity index (χ4v) is 3.91. The molecule has 6 nitrogen and oxygen atoms in total. The summed E-state index contributed by atoms with van der Waals surface area (Å²) in [4.78, 5) is 22.0. The normalized spacial score (nSPS) is 14.3. The molecular weight excluding hydrogens is 424 g/mol. The van der Waals surface area contributed by atoms with Crippen LogP contribution in [-0.4, -0.2) is 18.0 Å². The first-order chi connectivity index (χ1) is 16.4. The predicted molar refractivity (Wildman–Crippen MR) is 140 cm³/mol. The number of benzene rings is 1. The first-order valence-electron chi connectivity index (χ1n) is 11.9. The van der Waals surface area contributed by atoms with E-state index in [4.69, 9.17) is 9.82 Å². The monoisotopic (exact) mass is 460 g/mol. The van der Waals surface area contributed by atoms with Crippen LogP contribution in [0, 0.1) is 5.92 Å². The lowest BCUT2D eigenvalue weighted by atomic mass is 9.99. The number of carbonyl (C=O) groups is 1. The van der Waals surface area contributed by atoms with E-state index in [-0.39, 0.29) is 5.91 Å². The quantitative estimate of drug-likeness (QED) is 0.173. The highest BCUT2D eigenvalue weighted by atomic mass is 16.6. The Bertz CT molecular complexity index is 1060. The van der Waals surface area contributed by atoms with Crippen molar-refractivity contribution in [3.05, 3.63) is 84.2 Å². The molecule has 1 amide bonds. The number of hydrogen-bond donors (Lipinski definition) is 3. The molecule has 0 bridgehead atoms. The van der Waals surface area contributed by atoms with Crippen molar-refractivity contribution >= 4 is 23.1 Å². The molecule has 1 aliphatic carbocycles. The van der Waals surface area contributed by atoms with E-state index in [1.54, 1.807) is 6.07 Å². The maximum atomic E-state index is 12.5. The Morgan fingerprint density at radius 2 is 2.06 bits per heavy atom. The van der Waals surface area contributed by atoms with Gasteiger partial charge in [-0.25, -0.2) is 10.5 Å². The summed E-state index contributed by atoms with van der Waals surface area (Å²) in [6.07, 6.45) is 11.3. The summed E-state index contributed by atoms with van der Waals surface area (Å²) < 4.78 is 0. The average Bonchev–Trinajstić information content (AvgIpc) is 3.65. The minimum atomic E-state index is -0.301. The number of allylic oxidation sites excluding steroid dienone is 4. The van der Waals surface area contributed by atoms with Gasteiger partial charge in [0, 0.05) is 23.6 Å². The number of nitrogens with one attached hydrogen (secondary N) is 3. The molecule has 1 aromatic carbocycles. The molecule has 1 saturated carbocycles. The van der Waals surface area contributed by atoms with Crippen LogP contribution in [0.2, 0.25) is 0 Å². The summed E-state index contributed by atoms with van der Waals surface area (Å²) in [5, 5.41) is 6.98. The van der Waals surface area contributed by atoms with Gasteiger partial charge >= 0.3 is 0 Å². The number of aromatic nitrogens is 1. The molecule has 0 spiro atoms. The standard InChI is InChI=1S/C28H36N4O2/c1-6-20(7-2)12-15-22(16-19(3)4)30-27-17-26(24(18-29-27)21-13-14-21)31-25-11-9-8-10-23(25)28(33)32-34-5/h6,8-11,16-18,20-21H,1,3,7,12-15H2,2,4-5H3,(H,32,33)(H2,29,30,31)/b22-16+. The molecule has 3 N–H and O–H groups in total. The van der Waals surface area contributed by atoms with Gasteiger partial charge in [-0.3, -0.25) is 9.63 Å². The summed E-state index contributed by atoms with van der Waals surface area (Å²) in [6, 6.07) is 9.42. The molecule has 1 atom stereocenters. The third-order valence-electron chi connectivity index (χ3n) is 5.94. The molecule has 34 heavy (non-hydrogen) atoms. The Labute approximate surface area is 203 Å². The molecule has 3 rings (SSSR count). The van der Waals surface area contributed by atoms with Gasteiger partial charge in [0.1, 0.15) is 5.82 Å². The number of hydrogen-bond acceptors (Lipinski definition) is 5. The minimum absolute atomic E-state index is 0.301. The summed E-state index contributed by atoms with van der Waals surface area (Å²) in [5.41, 5.74) is 7.79. The molecule has 6 heteroatoms. The molecule has 1 heterocycles. The van der Waals surface area contributed by atoms with Gasteiger partial charge in [0.2, 0.25) is 0 Å². The molecule has 0 aliphatic heterocycles. The fourth-order valence-electron chi connectivity index (χ4n) is 3.91. The summed E-state index contributed by atoms with van der Waals surface area (Å²) in [6.45, 7) is 12.2. The molecule has 0 saturated heterocycles. The van der Waals surface area contributed by atoms with Crippen molar-refractivity contribution in [3.63, 3.8) is 0 Å². The van der Waals surface area contributed by atoms with Crippen LogP contribution in [-0.2, 0) is 4.84 Å². The second-order valence-electron chi connectivity index (χ2n) is 8.82. The van der Waals surface area contributed by atoms with Gasteiger partial charge in [-0.1, -0.05) is 37.3 Å². The number of anilines is 3. The van der Waals surface area contributed by atoms with Gasteiger partial charge < -0.3 is 10.6 Å². The summed E-state index contributed by atoms with van der Waals surface area (Å²) in [7, 11) is 1.42. The van der Waals surface area contributed by atoms with Gasteiger partial charge in [0.25, 0.3) is 5.91 Å². The average molecular weight is 461 g/mol. The Kier molecular flexibility index (Phi) is 9.05. The fraction of sp³-hybridized carbons (Fsp3) is 0.357. The molecule has 1 aromatic heterocycles. The highest BCUT2D eigenvalue weighted by Crippen LogP contribution is 2.44. The van der Waals surface area contributed by atoms with E-state index >= 15 is 0 Å². The van der Waals surface area contributed by atoms with Crippen molar-refractivity contribution in [2.24, 2.45) is 5.92 Å². The number of rotatable bonds is 13. The zero-order valence-corrected chi connectivity index (χ0v) is 20.5. The van der Waals surface area contributed by atoms with E-state index in [1.165, 1.54) is 7.11 Å². The number of para-hydroxylation sites is 1. The van der Waals surface area contributed by atoms with Crippen molar-refractivity contribution in [2.45, 2.75) is 51.9 Å². The molecule has 1 aliphatic rings. The van der Waals surface area contributed by atoms with Gasteiger partial charge in [0.15, 0.2) is 0 Å². The Balaban J connectivity index is 1.87. The molecule has 180 valence electrons. The van der Waals surface area contributed by atoms with Crippen LogP contribution in [0.4, 0.5) is 17.2 Å². The number of nitrogens with zero attached hydrogens (tertiary/aromatic N) is 1. The van der Waals surface area contributed by atoms with Crippen LogP contribution in [0.15, 0.2) is 73.1 Å². The molecule has 1 fully saturated rings. The van der Waals surface area contributed by atoms with E-state index in [0.29, 0.717) is 23.1 Å². The number of pyridine rings is 1. The highest BCUT2D eigenvalue weighted by molar-refractivity contribution is 5.99. The van der Waals surface area contributed by atoms with Gasteiger partial charge in [-0.15, -0.1) is 6.58 Å². The van der Waals surface area contributed by atoms with Crippen molar-refractivity contribution in [1.29, 1.82) is 0 Å². The van der Waals surface area contributed by atoms with Gasteiger partial charge in [-0.2, -0.15) is 0 Å². The van der Waals surface area contributed by atoms with Crippen LogP contribution >= 0.6 is 0 Å². The van der Waals surface area contributed by atoms with Crippen LogP contribution in [0.25, 0.3) is 0 Å². The molecule has 0 radical (unpaired) electrons. The Hall–Kier alpha value is -3.38. The third kappa shape index (κ3) is 7.06. The summed E-state index contributed by atoms with van der Waals surface area (Å²) >= 11 is 0. The van der Waals surface area contributed by atoms with Gasteiger partial charge in [-0.05, 0) is 74.6 Å². The maximum Gasteiger partial charge on any atom is 0.276 e. The maximum absolute atomic E-state index is 12.5. The summed E-state index contributed by atoms with van der Waals surface area (Å²) in [5.74, 6) is 1.43. The van der Waals surface area contributed by atoms with Crippen molar-refractivity contribution in [3.8, 4) is 0 Å². The molecule has 1 unspecified atom stereocenters. The third-order valence-corrected chi connectivity index (χ3v) is 5.94. The van der Waals surface area contributed by atoms with Crippen LogP contribution in [0.1, 0.15) is 67.8 Å². The number of hydroxylamine groups is 1. The lowest BCUT2D eigenvalue weighted by molar-refractivity contribution is 0.0538. The van der Waals surface area contributed by atoms with Crippen LogP contribution < -0.4 is 16.1 Å². The van der Waals surface area contributed by atoms with Crippen LogP contribution in [0.3, 0.4) is 0 Å². The lowest BCUT2D eigenvalue weighted by Gasteiger charge is -2.18. The number of carbonyl (C=O) groups excluding carboxylic acids is 1. The van der Waals surface area contributed by atoms with E-state index in [0.717, 1.165) is 60.4 Å². The second-order valence-corrected chi connectivity index (χ2v) is 8.82. The largest absolute Gasteiger partial charge is 0.354 e. The highest BCUT2D eigenvalue weighted by Gasteiger charge is 2.27. The second kappa shape index (κ2) is 12.2. The first-order valence-corrected chi connectivity index (χ1v) is 11.9. The molecular formula is C28H36N4O2.